The Labute approximate surface area is 124 Å². The molecule has 2 heteroatoms. The number of nitrogens with one attached hydrogen (secondary N) is 1. The van der Waals surface area contributed by atoms with Gasteiger partial charge in [0.15, 0.2) is 0 Å². The summed E-state index contributed by atoms with van der Waals surface area (Å²) in [5.74, 6) is 1.14. The molecule has 0 aromatic heterocycles. The molecule has 20 heavy (non-hydrogen) atoms. The zero-order chi connectivity index (χ0) is 15.0. The summed E-state index contributed by atoms with van der Waals surface area (Å²) in [7, 11) is 0. The second-order valence-electron chi connectivity index (χ2n) is 5.87. The van der Waals surface area contributed by atoms with Crippen LogP contribution >= 0.6 is 0 Å². The molecule has 0 aliphatic heterocycles. The summed E-state index contributed by atoms with van der Waals surface area (Å²) in [6.45, 7) is 12.7. The zero-order valence-electron chi connectivity index (χ0n) is 13.7. The van der Waals surface area contributed by atoms with Gasteiger partial charge in [0.2, 0.25) is 0 Å². The molecule has 0 saturated heterocycles. The van der Waals surface area contributed by atoms with E-state index in [0.717, 1.165) is 13.2 Å². The van der Waals surface area contributed by atoms with Crippen molar-refractivity contribution in [3.8, 4) is 0 Å². The minimum atomic E-state index is 0.282. The second-order valence-corrected chi connectivity index (χ2v) is 5.87. The van der Waals surface area contributed by atoms with Gasteiger partial charge in [-0.1, -0.05) is 57.5 Å². The minimum absolute atomic E-state index is 0.282. The highest BCUT2D eigenvalue weighted by atomic mass is 16.5. The third kappa shape index (κ3) is 5.26. The topological polar surface area (TPSA) is 21.3 Å². The number of hydrogen-bond acceptors (Lipinski definition) is 2. The van der Waals surface area contributed by atoms with Gasteiger partial charge in [-0.05, 0) is 31.9 Å². The molecule has 0 fully saturated rings. The summed E-state index contributed by atoms with van der Waals surface area (Å²) in [4.78, 5) is 0. The fourth-order valence-corrected chi connectivity index (χ4v) is 2.73. The molecule has 1 aromatic rings. The lowest BCUT2D eigenvalue weighted by Crippen LogP contribution is -2.41. The van der Waals surface area contributed by atoms with Crippen molar-refractivity contribution in [2.24, 2.45) is 5.92 Å². The Hall–Kier alpha value is -0.860. The first-order valence-electron chi connectivity index (χ1n) is 8.00. The van der Waals surface area contributed by atoms with E-state index < -0.39 is 0 Å². The van der Waals surface area contributed by atoms with E-state index in [2.05, 4.69) is 70.3 Å². The van der Waals surface area contributed by atoms with E-state index in [-0.39, 0.29) is 6.10 Å². The van der Waals surface area contributed by atoms with Crippen molar-refractivity contribution in [3.63, 3.8) is 0 Å². The Morgan fingerprint density at radius 1 is 1.05 bits per heavy atom. The molecule has 0 radical (unpaired) electrons. The van der Waals surface area contributed by atoms with Gasteiger partial charge < -0.3 is 10.1 Å². The van der Waals surface area contributed by atoms with E-state index in [1.165, 1.54) is 12.0 Å². The predicted molar refractivity (Wildman–Crippen MR) is 87.2 cm³/mol. The van der Waals surface area contributed by atoms with Crippen LogP contribution in [0.5, 0.6) is 0 Å². The Morgan fingerprint density at radius 3 is 2.20 bits per heavy atom. The average molecular weight is 277 g/mol. The van der Waals surface area contributed by atoms with E-state index in [9.17, 15) is 0 Å². The van der Waals surface area contributed by atoms with Crippen LogP contribution in [-0.2, 0) is 4.74 Å². The van der Waals surface area contributed by atoms with E-state index >= 15 is 0 Å². The van der Waals surface area contributed by atoms with Gasteiger partial charge in [-0.15, -0.1) is 0 Å². The molecule has 1 aromatic carbocycles. The molecular weight excluding hydrogens is 246 g/mol. The molecule has 1 N–H and O–H groups in total. The highest BCUT2D eigenvalue weighted by molar-refractivity contribution is 5.22. The number of ether oxygens (including phenoxy) is 1. The van der Waals surface area contributed by atoms with Crippen molar-refractivity contribution in [1.29, 1.82) is 0 Å². The number of benzene rings is 1. The lowest BCUT2D eigenvalue weighted by atomic mass is 9.80. The first-order chi connectivity index (χ1) is 9.60. The van der Waals surface area contributed by atoms with Crippen LogP contribution in [0.3, 0.4) is 0 Å². The SMILES string of the molecule is CCNC(COC(C)C)C(c1ccccc1)C(C)CC. The summed E-state index contributed by atoms with van der Waals surface area (Å²) in [5, 5.41) is 3.63. The van der Waals surface area contributed by atoms with Crippen LogP contribution in [0.2, 0.25) is 0 Å². The van der Waals surface area contributed by atoms with Crippen LogP contribution in [0.1, 0.15) is 52.5 Å². The van der Waals surface area contributed by atoms with Crippen LogP contribution in [0.25, 0.3) is 0 Å². The highest BCUT2D eigenvalue weighted by Crippen LogP contribution is 2.30. The zero-order valence-corrected chi connectivity index (χ0v) is 13.7. The van der Waals surface area contributed by atoms with E-state index in [4.69, 9.17) is 4.74 Å². The summed E-state index contributed by atoms with van der Waals surface area (Å²) in [6.07, 6.45) is 1.47. The van der Waals surface area contributed by atoms with Gasteiger partial charge in [-0.3, -0.25) is 0 Å². The molecule has 114 valence electrons. The van der Waals surface area contributed by atoms with Crippen LogP contribution in [0.4, 0.5) is 0 Å². The normalized spacial score (nSPS) is 16.1. The molecule has 0 aliphatic carbocycles. The number of hydrogen-bond donors (Lipinski definition) is 1. The standard InChI is InChI=1S/C18H31NO/c1-6-15(5)18(16-11-9-8-10-12-16)17(19-7-2)13-20-14(3)4/h8-12,14-15,17-19H,6-7,13H2,1-5H3. The lowest BCUT2D eigenvalue weighted by Gasteiger charge is -2.33. The molecule has 2 nitrogen and oxygen atoms in total. The maximum absolute atomic E-state index is 5.89. The fourth-order valence-electron chi connectivity index (χ4n) is 2.73. The van der Waals surface area contributed by atoms with Crippen LogP contribution in [-0.4, -0.2) is 25.3 Å². The average Bonchev–Trinajstić information content (AvgIpc) is 2.45. The van der Waals surface area contributed by atoms with Crippen molar-refractivity contribution in [1.82, 2.24) is 5.32 Å². The van der Waals surface area contributed by atoms with Gasteiger partial charge in [0.05, 0.1) is 12.7 Å². The summed E-state index contributed by atoms with van der Waals surface area (Å²) in [6, 6.07) is 11.2. The predicted octanol–water partition coefficient (Wildman–Crippen LogP) is 4.22. The first-order valence-corrected chi connectivity index (χ1v) is 8.00. The van der Waals surface area contributed by atoms with Crippen LogP contribution in [0, 0.1) is 5.92 Å². The van der Waals surface area contributed by atoms with Gasteiger partial charge in [-0.25, -0.2) is 0 Å². The molecule has 0 saturated carbocycles. The monoisotopic (exact) mass is 277 g/mol. The highest BCUT2D eigenvalue weighted by Gasteiger charge is 2.27. The van der Waals surface area contributed by atoms with Gasteiger partial charge in [0, 0.05) is 12.0 Å². The van der Waals surface area contributed by atoms with Crippen molar-refractivity contribution < 1.29 is 4.74 Å². The van der Waals surface area contributed by atoms with Crippen molar-refractivity contribution in [2.45, 2.75) is 59.1 Å². The van der Waals surface area contributed by atoms with Crippen LogP contribution in [0.15, 0.2) is 30.3 Å². The Morgan fingerprint density at radius 2 is 1.70 bits per heavy atom. The van der Waals surface area contributed by atoms with Crippen molar-refractivity contribution in [2.75, 3.05) is 13.2 Å². The molecular formula is C18H31NO. The maximum Gasteiger partial charge on any atom is 0.0629 e. The van der Waals surface area contributed by atoms with E-state index in [0.29, 0.717) is 17.9 Å². The van der Waals surface area contributed by atoms with Crippen LogP contribution < -0.4 is 5.32 Å². The molecule has 3 unspecified atom stereocenters. The van der Waals surface area contributed by atoms with Gasteiger partial charge in [0.25, 0.3) is 0 Å². The Balaban J connectivity index is 2.92. The Bertz CT molecular complexity index is 350. The van der Waals surface area contributed by atoms with Gasteiger partial charge in [-0.2, -0.15) is 0 Å². The minimum Gasteiger partial charge on any atom is -0.377 e. The first kappa shape index (κ1) is 17.2. The van der Waals surface area contributed by atoms with Gasteiger partial charge in [0.1, 0.15) is 0 Å². The molecule has 0 amide bonds. The van der Waals surface area contributed by atoms with E-state index in [1.54, 1.807) is 0 Å². The molecule has 0 bridgehead atoms. The summed E-state index contributed by atoms with van der Waals surface area (Å²) >= 11 is 0. The van der Waals surface area contributed by atoms with Crippen molar-refractivity contribution >= 4 is 0 Å². The molecule has 0 spiro atoms. The Kier molecular flexibility index (Phi) is 7.86. The molecule has 1 rings (SSSR count). The van der Waals surface area contributed by atoms with Gasteiger partial charge >= 0.3 is 0 Å². The maximum atomic E-state index is 5.89. The lowest BCUT2D eigenvalue weighted by molar-refractivity contribution is 0.0511. The summed E-state index contributed by atoms with van der Waals surface area (Å²) < 4.78 is 5.89. The third-order valence-corrected chi connectivity index (χ3v) is 3.95. The molecule has 0 aliphatic rings. The molecule has 3 atom stereocenters. The third-order valence-electron chi connectivity index (χ3n) is 3.95. The van der Waals surface area contributed by atoms with E-state index in [1.807, 2.05) is 0 Å². The second kappa shape index (κ2) is 9.15. The largest absolute Gasteiger partial charge is 0.377 e. The molecule has 0 heterocycles. The number of rotatable bonds is 9. The quantitative estimate of drug-likeness (QED) is 0.729. The summed E-state index contributed by atoms with van der Waals surface area (Å²) in [5.41, 5.74) is 1.42. The number of likely N-dealkylation sites (N-methyl/N-ethyl adjacent to an activating group) is 1. The smallest absolute Gasteiger partial charge is 0.0629 e. The van der Waals surface area contributed by atoms with Crippen molar-refractivity contribution in [3.05, 3.63) is 35.9 Å². The fraction of sp³-hybridized carbons (Fsp3) is 0.667.